The number of para-hydroxylation sites is 1. The lowest BCUT2D eigenvalue weighted by atomic mass is 10.2. The summed E-state index contributed by atoms with van der Waals surface area (Å²) in [4.78, 5) is 20.9. The summed E-state index contributed by atoms with van der Waals surface area (Å²) in [6, 6.07) is 13.0. The Morgan fingerprint density at radius 1 is 0.963 bits per heavy atom. The molecule has 7 nitrogen and oxygen atoms in total. The second-order valence-corrected chi connectivity index (χ2v) is 5.76. The van der Waals surface area contributed by atoms with Gasteiger partial charge in [0.25, 0.3) is 5.91 Å². The number of anilines is 3. The number of ether oxygens (including phenoxy) is 2. The van der Waals surface area contributed by atoms with Gasteiger partial charge in [0, 0.05) is 24.1 Å². The van der Waals surface area contributed by atoms with Gasteiger partial charge in [0.05, 0.1) is 25.5 Å². The third kappa shape index (κ3) is 4.33. The standard InChI is InChI=1S/C20H20N4O3/c1-13-6-4-5-7-16(13)24-20-21-11-14(12-22-20)19(25)23-17-10-15(26-2)8-9-18(17)27-3/h4-12H,1-3H3,(H,23,25)(H,21,22,24). The fraction of sp³-hybridized carbons (Fsp3) is 0.150. The van der Waals surface area contributed by atoms with E-state index in [1.807, 2.05) is 31.2 Å². The van der Waals surface area contributed by atoms with Crippen LogP contribution in [-0.2, 0) is 0 Å². The van der Waals surface area contributed by atoms with Crippen LogP contribution in [-0.4, -0.2) is 30.1 Å². The van der Waals surface area contributed by atoms with Crippen molar-refractivity contribution >= 4 is 23.2 Å². The summed E-state index contributed by atoms with van der Waals surface area (Å²) < 4.78 is 10.5. The van der Waals surface area contributed by atoms with Gasteiger partial charge in [-0.05, 0) is 30.7 Å². The van der Waals surface area contributed by atoms with E-state index in [-0.39, 0.29) is 5.91 Å². The molecule has 0 radical (unpaired) electrons. The fourth-order valence-electron chi connectivity index (χ4n) is 2.45. The van der Waals surface area contributed by atoms with Crippen LogP contribution < -0.4 is 20.1 Å². The largest absolute Gasteiger partial charge is 0.497 e. The molecule has 0 saturated heterocycles. The van der Waals surface area contributed by atoms with Gasteiger partial charge in [-0.3, -0.25) is 4.79 Å². The minimum atomic E-state index is -0.344. The van der Waals surface area contributed by atoms with Gasteiger partial charge >= 0.3 is 0 Å². The van der Waals surface area contributed by atoms with Gasteiger partial charge < -0.3 is 20.1 Å². The van der Waals surface area contributed by atoms with Crippen LogP contribution in [0.2, 0.25) is 0 Å². The molecule has 1 aromatic heterocycles. The first kappa shape index (κ1) is 18.2. The van der Waals surface area contributed by atoms with E-state index in [0.29, 0.717) is 28.7 Å². The van der Waals surface area contributed by atoms with Gasteiger partial charge in [0.2, 0.25) is 5.95 Å². The minimum Gasteiger partial charge on any atom is -0.497 e. The zero-order valence-corrected chi connectivity index (χ0v) is 15.3. The Labute approximate surface area is 157 Å². The number of carbonyl (C=O) groups is 1. The summed E-state index contributed by atoms with van der Waals surface area (Å²) in [6.07, 6.45) is 2.94. The number of amides is 1. The van der Waals surface area contributed by atoms with Gasteiger partial charge in [-0.1, -0.05) is 18.2 Å². The number of rotatable bonds is 6. The molecule has 3 aromatic rings. The van der Waals surface area contributed by atoms with E-state index in [1.165, 1.54) is 19.5 Å². The first-order valence-electron chi connectivity index (χ1n) is 8.29. The van der Waals surface area contributed by atoms with E-state index >= 15 is 0 Å². The highest BCUT2D eigenvalue weighted by atomic mass is 16.5. The molecular formula is C20H20N4O3. The smallest absolute Gasteiger partial charge is 0.258 e. The van der Waals surface area contributed by atoms with Gasteiger partial charge in [-0.25, -0.2) is 9.97 Å². The number of methoxy groups -OCH3 is 2. The van der Waals surface area contributed by atoms with Crippen molar-refractivity contribution in [1.82, 2.24) is 9.97 Å². The number of aryl methyl sites for hydroxylation is 1. The molecule has 27 heavy (non-hydrogen) atoms. The van der Waals surface area contributed by atoms with Gasteiger partial charge in [0.15, 0.2) is 0 Å². The zero-order chi connectivity index (χ0) is 19.2. The Hall–Kier alpha value is -3.61. The summed E-state index contributed by atoms with van der Waals surface area (Å²) in [5.74, 6) is 1.21. The first-order valence-corrected chi connectivity index (χ1v) is 8.29. The van der Waals surface area contributed by atoms with E-state index < -0.39 is 0 Å². The number of nitrogens with one attached hydrogen (secondary N) is 2. The summed E-state index contributed by atoms with van der Waals surface area (Å²) in [6.45, 7) is 1.99. The average molecular weight is 364 g/mol. The van der Waals surface area contributed by atoms with Gasteiger partial charge in [0.1, 0.15) is 11.5 Å². The summed E-state index contributed by atoms with van der Waals surface area (Å²) in [5.41, 5.74) is 2.82. The Balaban J connectivity index is 1.74. The lowest BCUT2D eigenvalue weighted by Crippen LogP contribution is -2.14. The van der Waals surface area contributed by atoms with Crippen LogP contribution in [0.15, 0.2) is 54.9 Å². The van der Waals surface area contributed by atoms with E-state index in [0.717, 1.165) is 11.3 Å². The van der Waals surface area contributed by atoms with E-state index in [9.17, 15) is 4.79 Å². The molecule has 1 heterocycles. The third-order valence-corrected chi connectivity index (χ3v) is 3.96. The molecule has 0 atom stereocenters. The monoisotopic (exact) mass is 364 g/mol. The van der Waals surface area contributed by atoms with Crippen molar-refractivity contribution in [2.45, 2.75) is 6.92 Å². The molecule has 1 amide bonds. The van der Waals surface area contributed by atoms with Crippen molar-refractivity contribution in [3.8, 4) is 11.5 Å². The number of hydrogen-bond acceptors (Lipinski definition) is 6. The lowest BCUT2D eigenvalue weighted by molar-refractivity contribution is 0.102. The molecule has 138 valence electrons. The normalized spacial score (nSPS) is 10.2. The molecule has 3 rings (SSSR count). The topological polar surface area (TPSA) is 85.4 Å². The van der Waals surface area contributed by atoms with Crippen LogP contribution in [0.4, 0.5) is 17.3 Å². The van der Waals surface area contributed by atoms with E-state index in [1.54, 1.807) is 25.3 Å². The average Bonchev–Trinajstić information content (AvgIpc) is 2.70. The van der Waals surface area contributed by atoms with Crippen molar-refractivity contribution < 1.29 is 14.3 Å². The summed E-state index contributed by atoms with van der Waals surface area (Å²) >= 11 is 0. The van der Waals surface area contributed by atoms with Crippen LogP contribution >= 0.6 is 0 Å². The highest BCUT2D eigenvalue weighted by Gasteiger charge is 2.12. The highest BCUT2D eigenvalue weighted by molar-refractivity contribution is 6.04. The van der Waals surface area contributed by atoms with Crippen LogP contribution in [0.1, 0.15) is 15.9 Å². The van der Waals surface area contributed by atoms with Crippen LogP contribution in [0.3, 0.4) is 0 Å². The molecule has 0 unspecified atom stereocenters. The number of aromatic nitrogens is 2. The highest BCUT2D eigenvalue weighted by Crippen LogP contribution is 2.29. The Kier molecular flexibility index (Phi) is 5.51. The van der Waals surface area contributed by atoms with E-state index in [4.69, 9.17) is 9.47 Å². The molecule has 0 saturated carbocycles. The molecule has 2 aromatic carbocycles. The Bertz CT molecular complexity index is 942. The molecule has 0 bridgehead atoms. The predicted molar refractivity (Wildman–Crippen MR) is 104 cm³/mol. The van der Waals surface area contributed by atoms with E-state index in [2.05, 4.69) is 20.6 Å². The molecular weight excluding hydrogens is 344 g/mol. The maximum Gasteiger partial charge on any atom is 0.258 e. The predicted octanol–water partition coefficient (Wildman–Crippen LogP) is 3.80. The number of carbonyl (C=O) groups excluding carboxylic acids is 1. The quantitative estimate of drug-likeness (QED) is 0.692. The van der Waals surface area contributed by atoms with Crippen molar-refractivity contribution in [2.75, 3.05) is 24.9 Å². The summed E-state index contributed by atoms with van der Waals surface area (Å²) in [5, 5.41) is 5.92. The first-order chi connectivity index (χ1) is 13.1. The molecule has 0 aliphatic heterocycles. The van der Waals surface area contributed by atoms with Crippen molar-refractivity contribution in [3.63, 3.8) is 0 Å². The molecule has 7 heteroatoms. The zero-order valence-electron chi connectivity index (χ0n) is 15.3. The number of benzene rings is 2. The molecule has 0 aliphatic rings. The second-order valence-electron chi connectivity index (χ2n) is 5.76. The number of nitrogens with zero attached hydrogens (tertiary/aromatic N) is 2. The van der Waals surface area contributed by atoms with Crippen molar-refractivity contribution in [2.24, 2.45) is 0 Å². The van der Waals surface area contributed by atoms with Gasteiger partial charge in [-0.15, -0.1) is 0 Å². The molecule has 0 aliphatic carbocycles. The molecule has 0 fully saturated rings. The van der Waals surface area contributed by atoms with Crippen molar-refractivity contribution in [3.05, 3.63) is 66.0 Å². The number of hydrogen-bond donors (Lipinski definition) is 2. The maximum absolute atomic E-state index is 12.5. The lowest BCUT2D eigenvalue weighted by Gasteiger charge is -2.12. The van der Waals surface area contributed by atoms with Gasteiger partial charge in [-0.2, -0.15) is 0 Å². The van der Waals surface area contributed by atoms with Crippen LogP contribution in [0.5, 0.6) is 11.5 Å². The van der Waals surface area contributed by atoms with Crippen molar-refractivity contribution in [1.29, 1.82) is 0 Å². The Morgan fingerprint density at radius 3 is 2.37 bits per heavy atom. The minimum absolute atomic E-state index is 0.329. The van der Waals surface area contributed by atoms with Crippen LogP contribution in [0.25, 0.3) is 0 Å². The summed E-state index contributed by atoms with van der Waals surface area (Å²) in [7, 11) is 3.09. The van der Waals surface area contributed by atoms with Crippen LogP contribution in [0, 0.1) is 6.92 Å². The molecule has 2 N–H and O–H groups in total. The Morgan fingerprint density at radius 2 is 1.70 bits per heavy atom. The SMILES string of the molecule is COc1ccc(OC)c(NC(=O)c2cnc(Nc3ccccc3C)nc2)c1. The molecule has 0 spiro atoms. The third-order valence-electron chi connectivity index (χ3n) is 3.96. The second kappa shape index (κ2) is 8.18. The fourth-order valence-corrected chi connectivity index (χ4v) is 2.45. The maximum atomic E-state index is 12.5.